The first-order chi connectivity index (χ1) is 25.9. The molecule has 2 aliphatic carbocycles. The van der Waals surface area contributed by atoms with Gasteiger partial charge in [0.1, 0.15) is 30.8 Å². The Morgan fingerprint density at radius 2 is 1.89 bits per heavy atom. The van der Waals surface area contributed by atoms with Gasteiger partial charge in [0.2, 0.25) is 5.79 Å². The van der Waals surface area contributed by atoms with E-state index in [9.17, 15) is 20.3 Å². The molecule has 284 valence electrons. The first-order valence-corrected chi connectivity index (χ1v) is 19.2. The van der Waals surface area contributed by atoms with Crippen LogP contribution >= 0.6 is 0 Å². The average molecular weight is 727 g/mol. The Kier molecular flexibility index (Phi) is 12.9. The number of aliphatic hydroxyl groups is 2. The zero-order chi connectivity index (χ0) is 37.4. The van der Waals surface area contributed by atoms with Gasteiger partial charge in [0, 0.05) is 63.4 Å². The lowest BCUT2D eigenvalue weighted by Gasteiger charge is -2.59. The van der Waals surface area contributed by atoms with Crippen LogP contribution in [0.5, 0.6) is 11.5 Å². The predicted octanol–water partition coefficient (Wildman–Crippen LogP) is 5.68. The van der Waals surface area contributed by atoms with Crippen LogP contribution in [0, 0.1) is 29.1 Å². The number of nitrogens with zero attached hydrogens (tertiary/aromatic N) is 4. The van der Waals surface area contributed by atoms with Crippen molar-refractivity contribution >= 4 is 11.6 Å². The van der Waals surface area contributed by atoms with Gasteiger partial charge >= 0.3 is 0 Å². The molecule has 2 heterocycles. The number of carbonyl (C=O) groups is 1. The first-order valence-electron chi connectivity index (χ1n) is 19.2. The van der Waals surface area contributed by atoms with E-state index in [1.54, 1.807) is 42.3 Å². The van der Waals surface area contributed by atoms with Gasteiger partial charge in [-0.3, -0.25) is 9.69 Å². The van der Waals surface area contributed by atoms with Crippen molar-refractivity contribution in [3.8, 4) is 17.6 Å². The van der Waals surface area contributed by atoms with Gasteiger partial charge in [0.15, 0.2) is 0 Å². The maximum atomic E-state index is 14.3. The molecule has 1 saturated carbocycles. The molecular weight excluding hydrogens is 672 g/mol. The molecule has 0 aromatic heterocycles. The second-order valence-electron chi connectivity index (χ2n) is 14.5. The molecule has 2 aliphatic heterocycles. The molecule has 6 atom stereocenters. The molecule has 0 spiro atoms. The van der Waals surface area contributed by atoms with Crippen molar-refractivity contribution in [3.63, 3.8) is 0 Å². The number of oxime groups is 1. The van der Waals surface area contributed by atoms with Crippen molar-refractivity contribution in [3.05, 3.63) is 83.5 Å². The molecule has 2 fully saturated rings. The van der Waals surface area contributed by atoms with Gasteiger partial charge in [-0.2, -0.15) is 5.26 Å². The summed E-state index contributed by atoms with van der Waals surface area (Å²) in [5.41, 5.74) is 3.69. The number of aliphatic hydroxyl groups excluding tert-OH is 2. The zero-order valence-corrected chi connectivity index (χ0v) is 31.1. The van der Waals surface area contributed by atoms with E-state index in [4.69, 9.17) is 24.2 Å². The number of amides is 1. The van der Waals surface area contributed by atoms with Crippen molar-refractivity contribution in [2.45, 2.75) is 69.6 Å². The summed E-state index contributed by atoms with van der Waals surface area (Å²) in [4.78, 5) is 24.2. The molecule has 4 aliphatic rings. The van der Waals surface area contributed by atoms with Crippen molar-refractivity contribution in [1.82, 2.24) is 9.80 Å². The number of rotatable bonds is 19. The van der Waals surface area contributed by atoms with Crippen LogP contribution in [0.4, 0.5) is 0 Å². The van der Waals surface area contributed by atoms with E-state index >= 15 is 0 Å². The maximum Gasteiger partial charge on any atom is 0.254 e. The van der Waals surface area contributed by atoms with Crippen molar-refractivity contribution in [1.29, 1.82) is 5.26 Å². The van der Waals surface area contributed by atoms with Gasteiger partial charge in [0.25, 0.3) is 5.91 Å². The molecule has 53 heavy (non-hydrogen) atoms. The van der Waals surface area contributed by atoms with Crippen LogP contribution in [0.3, 0.4) is 0 Å². The van der Waals surface area contributed by atoms with Gasteiger partial charge in [0.05, 0.1) is 29.9 Å². The van der Waals surface area contributed by atoms with Crippen molar-refractivity contribution in [2.24, 2.45) is 22.9 Å². The van der Waals surface area contributed by atoms with Crippen LogP contribution < -0.4 is 9.47 Å². The molecule has 11 heteroatoms. The van der Waals surface area contributed by atoms with Crippen LogP contribution in [0.25, 0.3) is 0 Å². The normalized spacial score (nSPS) is 26.4. The van der Waals surface area contributed by atoms with E-state index < -0.39 is 11.8 Å². The molecule has 6 unspecified atom stereocenters. The first kappa shape index (κ1) is 38.5. The lowest BCUT2D eigenvalue weighted by molar-refractivity contribution is -0.252. The fourth-order valence-corrected chi connectivity index (χ4v) is 8.58. The lowest BCUT2D eigenvalue weighted by Crippen LogP contribution is -2.69. The van der Waals surface area contributed by atoms with Crippen molar-refractivity contribution in [2.75, 3.05) is 59.7 Å². The number of carbonyl (C=O) groups excluding carboxylic acids is 1. The van der Waals surface area contributed by atoms with Gasteiger partial charge in [-0.05, 0) is 92.5 Å². The van der Waals surface area contributed by atoms with E-state index in [-0.39, 0.29) is 49.4 Å². The summed E-state index contributed by atoms with van der Waals surface area (Å²) in [6.07, 6.45) is 9.20. The van der Waals surface area contributed by atoms with Gasteiger partial charge in [-0.15, -0.1) is 6.58 Å². The minimum Gasteiger partial charge on any atom is -0.492 e. The Morgan fingerprint density at radius 1 is 1.13 bits per heavy atom. The molecule has 11 nitrogen and oxygen atoms in total. The van der Waals surface area contributed by atoms with E-state index in [0.29, 0.717) is 49.4 Å². The number of hydrogen-bond donors (Lipinski definition) is 2. The average Bonchev–Trinajstić information content (AvgIpc) is 4.01. The minimum absolute atomic E-state index is 0.119. The molecule has 2 aromatic rings. The highest BCUT2D eigenvalue weighted by molar-refractivity contribution is 6.03. The second-order valence-corrected chi connectivity index (χ2v) is 14.5. The van der Waals surface area contributed by atoms with Gasteiger partial charge in [-0.1, -0.05) is 30.1 Å². The van der Waals surface area contributed by atoms with Crippen LogP contribution in [-0.4, -0.2) is 103 Å². The number of allylic oxidation sites excluding steroid dienone is 1. The monoisotopic (exact) mass is 726 g/mol. The number of hydrogen-bond acceptors (Lipinski definition) is 10. The number of ether oxygens (including phenoxy) is 3. The number of nitriles is 1. The summed E-state index contributed by atoms with van der Waals surface area (Å²) >= 11 is 0. The van der Waals surface area contributed by atoms with Crippen molar-refractivity contribution < 1.29 is 34.1 Å². The maximum absolute atomic E-state index is 14.3. The Labute approximate surface area is 313 Å². The Balaban J connectivity index is 1.52. The summed E-state index contributed by atoms with van der Waals surface area (Å²) < 4.78 is 20.5. The molecule has 0 radical (unpaired) electrons. The SMILES string of the molecule is C=CCOC12Oc3ccc(OCCN4CC4)cc3C3C(CCCCO)C(CCCCO)C=C(C(=NOCC)CC1N(C)C(=O)c1ccc(C#N)cc1)C32. The molecular formula is C42H54N4O7. The van der Waals surface area contributed by atoms with Crippen LogP contribution in [0.1, 0.15) is 79.3 Å². The summed E-state index contributed by atoms with van der Waals surface area (Å²) in [5.74, 6) is -0.328. The number of fused-ring (bicyclic) bond motifs is 2. The van der Waals surface area contributed by atoms with Crippen LogP contribution in [0.15, 0.2) is 71.9 Å². The summed E-state index contributed by atoms with van der Waals surface area (Å²) in [6, 6.07) is 14.2. The third-order valence-electron chi connectivity index (χ3n) is 11.2. The highest BCUT2D eigenvalue weighted by Gasteiger charge is 2.65. The van der Waals surface area contributed by atoms with E-state index in [1.807, 2.05) is 19.1 Å². The summed E-state index contributed by atoms with van der Waals surface area (Å²) in [6.45, 7) is 10.4. The van der Waals surface area contributed by atoms with Gasteiger partial charge < -0.3 is 34.2 Å². The Bertz CT molecular complexity index is 1680. The number of likely N-dealkylation sites (N-methyl/N-ethyl adjacent to an activating group) is 1. The summed E-state index contributed by atoms with van der Waals surface area (Å²) in [5, 5.41) is 33.7. The predicted molar refractivity (Wildman–Crippen MR) is 202 cm³/mol. The third kappa shape index (κ3) is 8.31. The Hall–Kier alpha value is -4.21. The quantitative estimate of drug-likeness (QED) is 0.0812. The largest absolute Gasteiger partial charge is 0.492 e. The highest BCUT2D eigenvalue weighted by Crippen LogP contribution is 2.61. The van der Waals surface area contributed by atoms with Crippen LogP contribution in [0.2, 0.25) is 0 Å². The minimum atomic E-state index is -1.33. The lowest BCUT2D eigenvalue weighted by atomic mass is 9.55. The smallest absolute Gasteiger partial charge is 0.254 e. The fraction of sp³-hybridized carbons (Fsp3) is 0.548. The third-order valence-corrected chi connectivity index (χ3v) is 11.2. The molecule has 2 N–H and O–H groups in total. The van der Waals surface area contributed by atoms with E-state index in [1.165, 1.54) is 0 Å². The standard InChI is InChI=1S/C42H54N4O7/c1-4-23-51-42-38(45(3)41(49)30-14-12-29(28-43)13-15-30)27-36(44-52-5-2)34-25-31(10-6-8-21-47)33(11-7-9-22-48)39(40(34)42)35-26-32(16-17-37(35)53-42)50-24-20-46-18-19-46/h4,12-17,25-26,31,33,38-40,47-48H,1,5-11,18-24,27H2,2-3H3. The molecule has 1 saturated heterocycles. The topological polar surface area (TPSA) is 137 Å². The fourth-order valence-electron chi connectivity index (χ4n) is 8.58. The molecule has 0 bridgehead atoms. The molecule has 2 aromatic carbocycles. The molecule has 1 amide bonds. The zero-order valence-electron chi connectivity index (χ0n) is 31.1. The molecule has 6 rings (SSSR count). The van der Waals surface area contributed by atoms with E-state index in [0.717, 1.165) is 67.9 Å². The number of benzene rings is 2. The van der Waals surface area contributed by atoms with Gasteiger partial charge in [-0.25, -0.2) is 0 Å². The number of unbranched alkanes of at least 4 members (excludes halogenated alkanes) is 2. The van der Waals surface area contributed by atoms with Crippen LogP contribution in [-0.2, 0) is 9.57 Å². The Morgan fingerprint density at radius 3 is 2.57 bits per heavy atom. The van der Waals surface area contributed by atoms with E-state index in [2.05, 4.69) is 29.7 Å². The second kappa shape index (κ2) is 17.7. The highest BCUT2D eigenvalue weighted by atomic mass is 16.7. The summed E-state index contributed by atoms with van der Waals surface area (Å²) in [7, 11) is 1.77.